The molecule has 1 N–H and O–H groups in total. The summed E-state index contributed by atoms with van der Waals surface area (Å²) in [5.41, 5.74) is -1.28. The lowest BCUT2D eigenvalue weighted by molar-refractivity contribution is -0.137. The molecule has 0 bridgehead atoms. The van der Waals surface area contributed by atoms with E-state index in [0.717, 1.165) is 37.9 Å². The normalized spacial score (nSPS) is 23.8. The van der Waals surface area contributed by atoms with Crippen molar-refractivity contribution in [3.63, 3.8) is 0 Å². The molecule has 4 rings (SSSR count). The summed E-state index contributed by atoms with van der Waals surface area (Å²) in [7, 11) is 0. The van der Waals surface area contributed by atoms with Crippen molar-refractivity contribution in [2.45, 2.75) is 37.5 Å². The number of nitrogens with zero attached hydrogens (tertiary/aromatic N) is 4. The van der Waals surface area contributed by atoms with E-state index in [2.05, 4.69) is 20.5 Å². The molecule has 162 valence electrons. The Balaban J connectivity index is 0.00000256. The smallest absolute Gasteiger partial charge is 0.417 e. The maximum Gasteiger partial charge on any atom is 0.417 e. The van der Waals surface area contributed by atoms with Gasteiger partial charge in [0.1, 0.15) is 11.4 Å². The summed E-state index contributed by atoms with van der Waals surface area (Å²) in [5, 5.41) is 10.9. The number of rotatable bonds is 4. The maximum atomic E-state index is 12.6. The van der Waals surface area contributed by atoms with E-state index in [4.69, 9.17) is 4.74 Å². The predicted octanol–water partition coefficient (Wildman–Crippen LogP) is 4.31. The number of halogens is 4. The number of alkyl halides is 3. The highest BCUT2D eigenvalue weighted by molar-refractivity contribution is 5.89. The van der Waals surface area contributed by atoms with Crippen LogP contribution in [0.3, 0.4) is 0 Å². The molecule has 1 spiro atoms. The van der Waals surface area contributed by atoms with E-state index in [-0.39, 0.29) is 12.4 Å². The largest absolute Gasteiger partial charge is 0.441 e. The number of anilines is 2. The Morgan fingerprint density at radius 1 is 1.23 bits per heavy atom. The fourth-order valence-electron chi connectivity index (χ4n) is 3.82. The Morgan fingerprint density at radius 3 is 2.60 bits per heavy atom. The molecular formula is C19H21ClF3N5O2. The second-order valence-corrected chi connectivity index (χ2v) is 7.47. The van der Waals surface area contributed by atoms with Crippen LogP contribution in [0, 0.1) is 5.92 Å². The van der Waals surface area contributed by atoms with E-state index >= 15 is 0 Å². The minimum Gasteiger partial charge on any atom is -0.441 e. The number of aromatic nitrogens is 3. The zero-order chi connectivity index (χ0) is 20.5. The molecule has 0 atom stereocenters. The van der Waals surface area contributed by atoms with Crippen LogP contribution in [0.4, 0.5) is 29.6 Å². The molecular weight excluding hydrogens is 423 g/mol. The van der Waals surface area contributed by atoms with Crippen LogP contribution in [0.15, 0.2) is 36.7 Å². The predicted molar refractivity (Wildman–Crippen MR) is 106 cm³/mol. The van der Waals surface area contributed by atoms with Gasteiger partial charge in [-0.3, -0.25) is 4.90 Å². The van der Waals surface area contributed by atoms with Crippen molar-refractivity contribution in [3.8, 4) is 0 Å². The van der Waals surface area contributed by atoms with Crippen LogP contribution in [-0.4, -0.2) is 40.0 Å². The van der Waals surface area contributed by atoms with Crippen LogP contribution in [-0.2, 0) is 10.9 Å². The molecule has 2 fully saturated rings. The first kappa shape index (κ1) is 22.1. The van der Waals surface area contributed by atoms with Crippen LogP contribution in [0.25, 0.3) is 0 Å². The lowest BCUT2D eigenvalue weighted by Gasteiger charge is -2.35. The quantitative estimate of drug-likeness (QED) is 0.758. The summed E-state index contributed by atoms with van der Waals surface area (Å²) in [5.74, 6) is 1.22. The Labute approximate surface area is 177 Å². The van der Waals surface area contributed by atoms with Crippen molar-refractivity contribution >= 4 is 30.1 Å². The van der Waals surface area contributed by atoms with Gasteiger partial charge in [0.2, 0.25) is 0 Å². The topological polar surface area (TPSA) is 80.2 Å². The van der Waals surface area contributed by atoms with Crippen LogP contribution in [0.5, 0.6) is 0 Å². The third-order valence-corrected chi connectivity index (χ3v) is 5.48. The molecule has 1 amide bonds. The molecule has 0 radical (unpaired) electrons. The summed E-state index contributed by atoms with van der Waals surface area (Å²) in [6.45, 7) is 1.06. The first-order valence-electron chi connectivity index (χ1n) is 9.40. The third kappa shape index (κ3) is 4.75. The molecule has 1 aliphatic carbocycles. The Hall–Kier alpha value is -2.62. The standard InChI is InChI=1S/C19H20F3N5O2.ClH/c20-19(21,22)14-3-4-15(24-11-14)23-10-13-5-7-18(8-6-13)12-27(17(28)29-18)16-2-1-9-25-26-16;/h1-4,9,11,13H,5-8,10,12H2,(H,23,24);1H/t13-,18-;. The van der Waals surface area contributed by atoms with E-state index in [9.17, 15) is 18.0 Å². The highest BCUT2D eigenvalue weighted by Crippen LogP contribution is 2.40. The number of nitrogens with one attached hydrogen (secondary N) is 1. The number of pyridine rings is 1. The monoisotopic (exact) mass is 443 g/mol. The number of carbonyl (C=O) groups is 1. The van der Waals surface area contributed by atoms with Crippen molar-refractivity contribution in [1.82, 2.24) is 15.2 Å². The first-order valence-corrected chi connectivity index (χ1v) is 9.40. The van der Waals surface area contributed by atoms with Crippen molar-refractivity contribution in [2.24, 2.45) is 5.92 Å². The number of hydrogen-bond donors (Lipinski definition) is 1. The van der Waals surface area contributed by atoms with Crippen LogP contribution >= 0.6 is 12.4 Å². The molecule has 2 aromatic heterocycles. The van der Waals surface area contributed by atoms with Crippen LogP contribution < -0.4 is 10.2 Å². The molecule has 1 saturated heterocycles. The Morgan fingerprint density at radius 2 is 2.00 bits per heavy atom. The van der Waals surface area contributed by atoms with E-state index in [1.807, 2.05) is 0 Å². The van der Waals surface area contributed by atoms with Crippen molar-refractivity contribution in [3.05, 3.63) is 42.2 Å². The van der Waals surface area contributed by atoms with Crippen molar-refractivity contribution in [1.29, 1.82) is 0 Å². The Bertz CT molecular complexity index is 859. The molecule has 11 heteroatoms. The zero-order valence-corrected chi connectivity index (χ0v) is 16.7. The molecule has 7 nitrogen and oxygen atoms in total. The van der Waals surface area contributed by atoms with E-state index < -0.39 is 23.4 Å². The fourth-order valence-corrected chi connectivity index (χ4v) is 3.82. The molecule has 1 aliphatic heterocycles. The molecule has 0 aromatic carbocycles. The van der Waals surface area contributed by atoms with E-state index in [1.54, 1.807) is 18.3 Å². The number of carbonyl (C=O) groups excluding carboxylic acids is 1. The highest BCUT2D eigenvalue weighted by Gasteiger charge is 2.48. The molecule has 0 unspecified atom stereocenters. The summed E-state index contributed by atoms with van der Waals surface area (Å²) in [6.07, 6.45) is 0.716. The average Bonchev–Trinajstić information content (AvgIpc) is 3.04. The van der Waals surface area contributed by atoms with Crippen LogP contribution in [0.1, 0.15) is 31.2 Å². The average molecular weight is 444 g/mol. The molecule has 3 heterocycles. The summed E-state index contributed by atoms with van der Waals surface area (Å²) in [4.78, 5) is 17.6. The summed E-state index contributed by atoms with van der Waals surface area (Å²) >= 11 is 0. The summed E-state index contributed by atoms with van der Waals surface area (Å²) < 4.78 is 43.5. The second-order valence-electron chi connectivity index (χ2n) is 7.47. The van der Waals surface area contributed by atoms with Gasteiger partial charge in [0.05, 0.1) is 12.1 Å². The van der Waals surface area contributed by atoms with Gasteiger partial charge in [-0.15, -0.1) is 17.5 Å². The minimum absolute atomic E-state index is 0. The lowest BCUT2D eigenvalue weighted by atomic mass is 9.78. The van der Waals surface area contributed by atoms with Gasteiger partial charge in [0, 0.05) is 18.9 Å². The molecule has 1 saturated carbocycles. The van der Waals surface area contributed by atoms with Crippen molar-refractivity contribution in [2.75, 3.05) is 23.3 Å². The van der Waals surface area contributed by atoms with E-state index in [1.165, 1.54) is 11.0 Å². The van der Waals surface area contributed by atoms with Gasteiger partial charge in [-0.05, 0) is 55.9 Å². The van der Waals surface area contributed by atoms with Crippen molar-refractivity contribution < 1.29 is 22.7 Å². The van der Waals surface area contributed by atoms with Gasteiger partial charge in [-0.1, -0.05) is 0 Å². The highest BCUT2D eigenvalue weighted by atomic mass is 35.5. The molecule has 2 aromatic rings. The molecule has 30 heavy (non-hydrogen) atoms. The van der Waals surface area contributed by atoms with Gasteiger partial charge in [-0.25, -0.2) is 9.78 Å². The zero-order valence-electron chi connectivity index (χ0n) is 15.9. The van der Waals surface area contributed by atoms with Gasteiger partial charge in [0.15, 0.2) is 5.82 Å². The SMILES string of the molecule is Cl.O=C1O[C@]2(CC[C@H](CNc3ccc(C(F)(F)F)cn3)CC2)CN1c1cccnn1. The van der Waals surface area contributed by atoms with Gasteiger partial charge < -0.3 is 10.1 Å². The summed E-state index contributed by atoms with van der Waals surface area (Å²) in [6, 6.07) is 5.80. The Kier molecular flexibility index (Phi) is 6.35. The third-order valence-electron chi connectivity index (χ3n) is 5.48. The maximum absolute atomic E-state index is 12.6. The minimum atomic E-state index is -4.39. The van der Waals surface area contributed by atoms with Gasteiger partial charge in [0.25, 0.3) is 0 Å². The number of amides is 1. The van der Waals surface area contributed by atoms with Gasteiger partial charge in [-0.2, -0.15) is 18.3 Å². The number of hydrogen-bond acceptors (Lipinski definition) is 6. The first-order chi connectivity index (χ1) is 13.8. The van der Waals surface area contributed by atoms with E-state index in [0.29, 0.717) is 30.6 Å². The van der Waals surface area contributed by atoms with Crippen LogP contribution in [0.2, 0.25) is 0 Å². The lowest BCUT2D eigenvalue weighted by Crippen LogP contribution is -2.39. The van der Waals surface area contributed by atoms with Gasteiger partial charge >= 0.3 is 12.3 Å². The second kappa shape index (κ2) is 8.63. The molecule has 2 aliphatic rings. The number of ether oxygens (including phenoxy) is 1. The fraction of sp³-hybridized carbons (Fsp3) is 0.474.